The summed E-state index contributed by atoms with van der Waals surface area (Å²) < 4.78 is 5.87. The van der Waals surface area contributed by atoms with Crippen LogP contribution in [-0.2, 0) is 17.6 Å². The van der Waals surface area contributed by atoms with Crippen LogP contribution in [0.3, 0.4) is 0 Å². The zero-order chi connectivity index (χ0) is 11.8. The monoisotopic (exact) mass is 233 g/mol. The standard InChI is InChI=1S/C14H19NO2/c1-2-15-6-7-17-14-9-11-10(8-12(14)15)4-3-5-13(11)16/h3-5,12,14,16H,2,6-9H2,1H3/t12-,14-/m1/s1. The molecule has 2 aliphatic rings. The van der Waals surface area contributed by atoms with Gasteiger partial charge in [0.2, 0.25) is 0 Å². The molecule has 2 atom stereocenters. The van der Waals surface area contributed by atoms with Crippen LogP contribution in [0.1, 0.15) is 18.1 Å². The van der Waals surface area contributed by atoms with E-state index in [1.807, 2.05) is 6.07 Å². The maximum Gasteiger partial charge on any atom is 0.119 e. The van der Waals surface area contributed by atoms with E-state index >= 15 is 0 Å². The number of benzene rings is 1. The van der Waals surface area contributed by atoms with Crippen LogP contribution in [0.2, 0.25) is 0 Å². The number of phenols is 1. The Morgan fingerprint density at radius 3 is 3.12 bits per heavy atom. The smallest absolute Gasteiger partial charge is 0.119 e. The van der Waals surface area contributed by atoms with Gasteiger partial charge < -0.3 is 9.84 Å². The highest BCUT2D eigenvalue weighted by atomic mass is 16.5. The van der Waals surface area contributed by atoms with Crippen LogP contribution in [-0.4, -0.2) is 41.8 Å². The van der Waals surface area contributed by atoms with Gasteiger partial charge in [0.1, 0.15) is 5.75 Å². The molecule has 1 N–H and O–H groups in total. The second-order valence-electron chi connectivity index (χ2n) is 4.93. The van der Waals surface area contributed by atoms with Gasteiger partial charge in [-0.1, -0.05) is 19.1 Å². The molecule has 0 spiro atoms. The van der Waals surface area contributed by atoms with Crippen LogP contribution in [0.15, 0.2) is 18.2 Å². The third-order valence-corrected chi connectivity index (χ3v) is 4.10. The maximum atomic E-state index is 9.90. The summed E-state index contributed by atoms with van der Waals surface area (Å²) in [5, 5.41) is 9.90. The summed E-state index contributed by atoms with van der Waals surface area (Å²) in [7, 11) is 0. The summed E-state index contributed by atoms with van der Waals surface area (Å²) in [6.45, 7) is 5.14. The summed E-state index contributed by atoms with van der Waals surface area (Å²) in [5.41, 5.74) is 2.38. The van der Waals surface area contributed by atoms with Crippen LogP contribution in [0.5, 0.6) is 5.75 Å². The third-order valence-electron chi connectivity index (χ3n) is 4.10. The topological polar surface area (TPSA) is 32.7 Å². The van der Waals surface area contributed by atoms with Gasteiger partial charge in [-0.3, -0.25) is 4.90 Å². The van der Waals surface area contributed by atoms with Crippen molar-refractivity contribution in [2.75, 3.05) is 19.7 Å². The summed E-state index contributed by atoms with van der Waals surface area (Å²) in [4.78, 5) is 2.50. The van der Waals surface area contributed by atoms with E-state index in [1.165, 1.54) is 5.56 Å². The van der Waals surface area contributed by atoms with E-state index < -0.39 is 0 Å². The number of likely N-dealkylation sites (N-methyl/N-ethyl adjacent to an activating group) is 1. The number of aromatic hydroxyl groups is 1. The normalized spacial score (nSPS) is 28.5. The molecular formula is C14H19NO2. The Morgan fingerprint density at radius 1 is 1.41 bits per heavy atom. The predicted octanol–water partition coefficient (Wildman–Crippen LogP) is 1.58. The zero-order valence-corrected chi connectivity index (χ0v) is 10.2. The quantitative estimate of drug-likeness (QED) is 0.799. The lowest BCUT2D eigenvalue weighted by Gasteiger charge is -2.44. The molecule has 0 aromatic heterocycles. The highest BCUT2D eigenvalue weighted by molar-refractivity contribution is 5.42. The number of morpholine rings is 1. The van der Waals surface area contributed by atoms with Crippen molar-refractivity contribution in [3.8, 4) is 5.75 Å². The van der Waals surface area contributed by atoms with E-state index in [0.29, 0.717) is 11.8 Å². The van der Waals surface area contributed by atoms with Crippen molar-refractivity contribution in [3.63, 3.8) is 0 Å². The Hall–Kier alpha value is -1.06. The summed E-state index contributed by atoms with van der Waals surface area (Å²) in [5.74, 6) is 0.429. The second-order valence-corrected chi connectivity index (χ2v) is 4.93. The Bertz CT molecular complexity index is 419. The molecule has 3 heteroatoms. The first-order valence-corrected chi connectivity index (χ1v) is 6.45. The highest BCUT2D eigenvalue weighted by Crippen LogP contribution is 2.33. The fourth-order valence-corrected chi connectivity index (χ4v) is 3.16. The Kier molecular flexibility index (Phi) is 2.81. The average molecular weight is 233 g/mol. The molecule has 1 aromatic rings. The molecule has 0 saturated carbocycles. The van der Waals surface area contributed by atoms with Crippen LogP contribution in [0, 0.1) is 0 Å². The second kappa shape index (κ2) is 4.31. The van der Waals surface area contributed by atoms with Crippen LogP contribution >= 0.6 is 0 Å². The molecule has 3 rings (SSSR count). The SMILES string of the molecule is CCN1CCO[C@@H]2Cc3c(O)cccc3C[C@H]21. The van der Waals surface area contributed by atoms with Gasteiger partial charge in [-0.05, 0) is 30.2 Å². The molecule has 1 saturated heterocycles. The van der Waals surface area contributed by atoms with Crippen molar-refractivity contribution >= 4 is 0 Å². The number of fused-ring (bicyclic) bond motifs is 2. The average Bonchev–Trinajstić information content (AvgIpc) is 2.36. The molecule has 0 bridgehead atoms. The first kappa shape index (κ1) is 11.1. The molecule has 92 valence electrons. The summed E-state index contributed by atoms with van der Waals surface area (Å²) in [6.07, 6.45) is 2.11. The molecule has 17 heavy (non-hydrogen) atoms. The van der Waals surface area contributed by atoms with Crippen molar-refractivity contribution in [1.29, 1.82) is 0 Å². The molecule has 1 aliphatic carbocycles. The van der Waals surface area contributed by atoms with Gasteiger partial charge in [0.25, 0.3) is 0 Å². The number of rotatable bonds is 1. The number of phenolic OH excluding ortho intramolecular Hbond substituents is 1. The minimum Gasteiger partial charge on any atom is -0.508 e. The first-order chi connectivity index (χ1) is 8.29. The van der Waals surface area contributed by atoms with E-state index in [1.54, 1.807) is 6.07 Å². The molecule has 1 heterocycles. The number of hydrogen-bond donors (Lipinski definition) is 1. The fraction of sp³-hybridized carbons (Fsp3) is 0.571. The van der Waals surface area contributed by atoms with Gasteiger partial charge in [0.15, 0.2) is 0 Å². The van der Waals surface area contributed by atoms with Gasteiger partial charge in [0.05, 0.1) is 12.7 Å². The zero-order valence-electron chi connectivity index (χ0n) is 10.2. The number of hydrogen-bond acceptors (Lipinski definition) is 3. The van der Waals surface area contributed by atoms with E-state index in [0.717, 1.165) is 38.1 Å². The maximum absolute atomic E-state index is 9.90. The van der Waals surface area contributed by atoms with E-state index in [2.05, 4.69) is 17.9 Å². The Morgan fingerprint density at radius 2 is 2.29 bits per heavy atom. The molecule has 1 aromatic carbocycles. The molecule has 1 aliphatic heterocycles. The van der Waals surface area contributed by atoms with Crippen molar-refractivity contribution in [2.45, 2.75) is 31.9 Å². The Labute approximate surface area is 102 Å². The number of nitrogens with zero attached hydrogens (tertiary/aromatic N) is 1. The van der Waals surface area contributed by atoms with Crippen molar-refractivity contribution in [3.05, 3.63) is 29.3 Å². The van der Waals surface area contributed by atoms with E-state index in [9.17, 15) is 5.11 Å². The first-order valence-electron chi connectivity index (χ1n) is 6.45. The van der Waals surface area contributed by atoms with E-state index in [-0.39, 0.29) is 6.10 Å². The highest BCUT2D eigenvalue weighted by Gasteiger charge is 2.36. The lowest BCUT2D eigenvalue weighted by Crippen LogP contribution is -2.54. The van der Waals surface area contributed by atoms with Crippen LogP contribution in [0.25, 0.3) is 0 Å². The molecule has 0 radical (unpaired) electrons. The summed E-state index contributed by atoms with van der Waals surface area (Å²) >= 11 is 0. The van der Waals surface area contributed by atoms with Crippen molar-refractivity contribution < 1.29 is 9.84 Å². The fourth-order valence-electron chi connectivity index (χ4n) is 3.16. The van der Waals surface area contributed by atoms with Gasteiger partial charge in [0, 0.05) is 19.0 Å². The molecule has 3 nitrogen and oxygen atoms in total. The van der Waals surface area contributed by atoms with Gasteiger partial charge in [-0.15, -0.1) is 0 Å². The van der Waals surface area contributed by atoms with Gasteiger partial charge in [-0.25, -0.2) is 0 Å². The van der Waals surface area contributed by atoms with E-state index in [4.69, 9.17) is 4.74 Å². The third kappa shape index (κ3) is 1.83. The number of ether oxygens (including phenoxy) is 1. The Balaban J connectivity index is 1.93. The lowest BCUT2D eigenvalue weighted by molar-refractivity contribution is -0.0724. The van der Waals surface area contributed by atoms with Gasteiger partial charge in [-0.2, -0.15) is 0 Å². The molecule has 1 fully saturated rings. The lowest BCUT2D eigenvalue weighted by atomic mass is 9.84. The minimum atomic E-state index is 0.254. The predicted molar refractivity (Wildman–Crippen MR) is 66.3 cm³/mol. The largest absolute Gasteiger partial charge is 0.508 e. The van der Waals surface area contributed by atoms with Crippen molar-refractivity contribution in [2.24, 2.45) is 0 Å². The van der Waals surface area contributed by atoms with Crippen molar-refractivity contribution in [1.82, 2.24) is 4.90 Å². The minimum absolute atomic E-state index is 0.254. The van der Waals surface area contributed by atoms with Crippen LogP contribution < -0.4 is 0 Å². The van der Waals surface area contributed by atoms with Crippen LogP contribution in [0.4, 0.5) is 0 Å². The molecule has 0 unspecified atom stereocenters. The molecular weight excluding hydrogens is 214 g/mol. The molecule has 0 amide bonds. The van der Waals surface area contributed by atoms with Gasteiger partial charge >= 0.3 is 0 Å². The summed E-state index contributed by atoms with van der Waals surface area (Å²) in [6, 6.07) is 6.34.